The normalized spacial score (nSPS) is 14.2. The Balaban J connectivity index is 5.51. The quantitative estimate of drug-likeness (QED) is 0.0848. The molecule has 0 aliphatic rings. The van der Waals surface area contributed by atoms with Gasteiger partial charge in [-0.05, 0) is 51.0 Å². The Hall–Kier alpha value is -3.26. The first-order chi connectivity index (χ1) is 16.8. The van der Waals surface area contributed by atoms with Crippen LogP contribution < -0.4 is 38.9 Å². The lowest BCUT2D eigenvalue weighted by molar-refractivity contribution is -0.142. The highest BCUT2D eigenvalue weighted by Gasteiger charge is 2.30. The Labute approximate surface area is 210 Å². The largest absolute Gasteiger partial charge is 0.480 e. The van der Waals surface area contributed by atoms with Crippen molar-refractivity contribution in [3.8, 4) is 0 Å². The van der Waals surface area contributed by atoms with Gasteiger partial charge in [0.25, 0.3) is 0 Å². The molecule has 0 saturated carbocycles. The zero-order chi connectivity index (χ0) is 27.8. The molecule has 0 rings (SSSR count). The van der Waals surface area contributed by atoms with E-state index in [-0.39, 0.29) is 44.4 Å². The van der Waals surface area contributed by atoms with E-state index in [0.29, 0.717) is 19.4 Å². The lowest BCUT2D eigenvalue weighted by Crippen LogP contribution is -2.57. The summed E-state index contributed by atoms with van der Waals surface area (Å²) in [6.07, 6.45) is 0.841. The number of aliphatic carboxylic acids is 1. The molecule has 0 bridgehead atoms. The highest BCUT2D eigenvalue weighted by Crippen LogP contribution is 2.09. The molecule has 0 aromatic carbocycles. The summed E-state index contributed by atoms with van der Waals surface area (Å²) in [5, 5.41) is 16.8. The van der Waals surface area contributed by atoms with E-state index < -0.39 is 59.7 Å². The molecule has 5 amide bonds. The maximum absolute atomic E-state index is 13.0. The molecule has 36 heavy (non-hydrogen) atoms. The predicted molar refractivity (Wildman–Crippen MR) is 131 cm³/mol. The van der Waals surface area contributed by atoms with Crippen LogP contribution in [0.4, 0.5) is 0 Å². The zero-order valence-corrected chi connectivity index (χ0v) is 21.0. The monoisotopic (exact) mass is 515 g/mol. The van der Waals surface area contributed by atoms with Gasteiger partial charge in [0.2, 0.25) is 29.5 Å². The van der Waals surface area contributed by atoms with Crippen molar-refractivity contribution in [3.05, 3.63) is 0 Å². The molecule has 12 N–H and O–H groups in total. The van der Waals surface area contributed by atoms with Crippen molar-refractivity contribution in [1.82, 2.24) is 16.0 Å². The van der Waals surface area contributed by atoms with Gasteiger partial charge < -0.3 is 44.0 Å². The summed E-state index contributed by atoms with van der Waals surface area (Å²) in [5.74, 6) is -4.85. The third kappa shape index (κ3) is 14.2. The molecule has 0 saturated heterocycles. The SMILES string of the molecule is CC(C)CC(NC(=O)C(CCC(N)=O)NC(=O)C(N)CCC(N)=O)C(=O)NC(CCCCN)C(=O)O. The summed E-state index contributed by atoms with van der Waals surface area (Å²) in [5.41, 5.74) is 21.4. The number of hydrogen-bond acceptors (Lipinski definition) is 8. The van der Waals surface area contributed by atoms with Gasteiger partial charge in [0.05, 0.1) is 6.04 Å². The predicted octanol–water partition coefficient (Wildman–Crippen LogP) is -2.44. The Bertz CT molecular complexity index is 776. The molecule has 14 nitrogen and oxygen atoms in total. The summed E-state index contributed by atoms with van der Waals surface area (Å²) in [4.78, 5) is 72.1. The number of carbonyl (C=O) groups is 6. The summed E-state index contributed by atoms with van der Waals surface area (Å²) in [7, 11) is 0. The second kappa shape index (κ2) is 17.2. The van der Waals surface area contributed by atoms with Crippen molar-refractivity contribution < 1.29 is 33.9 Å². The van der Waals surface area contributed by atoms with Crippen LogP contribution in [0.2, 0.25) is 0 Å². The van der Waals surface area contributed by atoms with E-state index in [4.69, 9.17) is 22.9 Å². The van der Waals surface area contributed by atoms with Crippen molar-refractivity contribution in [2.24, 2.45) is 28.9 Å². The minimum atomic E-state index is -1.26. The third-order valence-corrected chi connectivity index (χ3v) is 5.25. The minimum absolute atomic E-state index is 0.0512. The summed E-state index contributed by atoms with van der Waals surface area (Å²) in [6.45, 7) is 4.01. The number of carboxylic acids is 1. The van der Waals surface area contributed by atoms with Crippen LogP contribution in [0.1, 0.15) is 65.2 Å². The van der Waals surface area contributed by atoms with E-state index in [1.165, 1.54) is 0 Å². The van der Waals surface area contributed by atoms with Gasteiger partial charge >= 0.3 is 5.97 Å². The first kappa shape index (κ1) is 32.7. The van der Waals surface area contributed by atoms with Crippen molar-refractivity contribution >= 4 is 35.5 Å². The second-order valence-electron chi connectivity index (χ2n) is 9.05. The lowest BCUT2D eigenvalue weighted by Gasteiger charge is -2.26. The smallest absolute Gasteiger partial charge is 0.326 e. The van der Waals surface area contributed by atoms with Gasteiger partial charge in [-0.1, -0.05) is 13.8 Å². The van der Waals surface area contributed by atoms with Crippen molar-refractivity contribution in [2.45, 2.75) is 89.4 Å². The van der Waals surface area contributed by atoms with Crippen LogP contribution >= 0.6 is 0 Å². The highest BCUT2D eigenvalue weighted by molar-refractivity contribution is 5.94. The van der Waals surface area contributed by atoms with Gasteiger partial charge in [-0.15, -0.1) is 0 Å². The van der Waals surface area contributed by atoms with Gasteiger partial charge in [-0.25, -0.2) is 4.79 Å². The van der Waals surface area contributed by atoms with E-state index in [1.807, 2.05) is 13.8 Å². The van der Waals surface area contributed by atoms with Crippen LogP contribution in [0.5, 0.6) is 0 Å². The fourth-order valence-corrected chi connectivity index (χ4v) is 3.26. The molecular formula is C22H41N7O7. The van der Waals surface area contributed by atoms with Crippen LogP contribution in [-0.2, 0) is 28.8 Å². The Morgan fingerprint density at radius 1 is 0.722 bits per heavy atom. The molecule has 0 aliphatic heterocycles. The maximum atomic E-state index is 13.0. The number of amides is 5. The fraction of sp³-hybridized carbons (Fsp3) is 0.727. The van der Waals surface area contributed by atoms with Crippen LogP contribution in [0, 0.1) is 5.92 Å². The number of carboxylic acid groups (broad SMARTS) is 1. The molecule has 0 radical (unpaired) electrons. The molecule has 4 unspecified atom stereocenters. The van der Waals surface area contributed by atoms with Crippen molar-refractivity contribution in [3.63, 3.8) is 0 Å². The average molecular weight is 516 g/mol. The first-order valence-corrected chi connectivity index (χ1v) is 11.9. The van der Waals surface area contributed by atoms with Gasteiger partial charge in [-0.2, -0.15) is 0 Å². The molecule has 0 fully saturated rings. The average Bonchev–Trinajstić information content (AvgIpc) is 2.78. The first-order valence-electron chi connectivity index (χ1n) is 11.9. The fourth-order valence-electron chi connectivity index (χ4n) is 3.26. The zero-order valence-electron chi connectivity index (χ0n) is 21.0. The molecule has 4 atom stereocenters. The molecule has 206 valence electrons. The molecule has 0 spiro atoms. The maximum Gasteiger partial charge on any atom is 0.326 e. The Morgan fingerprint density at radius 3 is 1.72 bits per heavy atom. The molecule has 0 heterocycles. The Kier molecular flexibility index (Phi) is 15.7. The van der Waals surface area contributed by atoms with Crippen LogP contribution in [0.3, 0.4) is 0 Å². The van der Waals surface area contributed by atoms with Gasteiger partial charge in [0.15, 0.2) is 0 Å². The van der Waals surface area contributed by atoms with E-state index in [2.05, 4.69) is 16.0 Å². The highest BCUT2D eigenvalue weighted by atomic mass is 16.4. The van der Waals surface area contributed by atoms with Crippen molar-refractivity contribution in [1.29, 1.82) is 0 Å². The topological polar surface area (TPSA) is 263 Å². The van der Waals surface area contributed by atoms with Gasteiger partial charge in [0.1, 0.15) is 18.1 Å². The van der Waals surface area contributed by atoms with Gasteiger partial charge in [-0.3, -0.25) is 24.0 Å². The second-order valence-corrected chi connectivity index (χ2v) is 9.05. The molecule has 0 aliphatic carbocycles. The number of nitrogens with two attached hydrogens (primary N) is 4. The molecule has 0 aromatic rings. The van der Waals surface area contributed by atoms with Crippen LogP contribution in [0.25, 0.3) is 0 Å². The molecular weight excluding hydrogens is 474 g/mol. The number of primary amides is 2. The number of nitrogens with one attached hydrogen (secondary N) is 3. The molecule has 0 aromatic heterocycles. The standard InChI is InChI=1S/C22H41N7O7/c1-12(2)11-16(21(34)28-15(22(35)36)5-3-4-10-23)29-20(33)14(7-9-18(26)31)27-19(32)13(24)6-8-17(25)30/h12-16H,3-11,23-24H2,1-2H3,(H2,25,30)(H2,26,31)(H,27,32)(H,28,34)(H,29,33)(H,35,36). The number of carbonyl (C=O) groups excluding carboxylic acids is 5. The van der Waals surface area contributed by atoms with E-state index in [9.17, 15) is 33.9 Å². The number of rotatable bonds is 19. The Morgan fingerprint density at radius 2 is 1.22 bits per heavy atom. The number of hydrogen-bond donors (Lipinski definition) is 8. The molecule has 14 heteroatoms. The van der Waals surface area contributed by atoms with E-state index >= 15 is 0 Å². The van der Waals surface area contributed by atoms with Gasteiger partial charge in [0, 0.05) is 12.8 Å². The third-order valence-electron chi connectivity index (χ3n) is 5.25. The van der Waals surface area contributed by atoms with Crippen LogP contribution in [-0.4, -0.2) is 71.3 Å². The van der Waals surface area contributed by atoms with E-state index in [1.54, 1.807) is 0 Å². The van der Waals surface area contributed by atoms with E-state index in [0.717, 1.165) is 0 Å². The summed E-state index contributed by atoms with van der Waals surface area (Å²) < 4.78 is 0. The minimum Gasteiger partial charge on any atom is -0.480 e. The van der Waals surface area contributed by atoms with Crippen LogP contribution in [0.15, 0.2) is 0 Å². The van der Waals surface area contributed by atoms with Crippen molar-refractivity contribution in [2.75, 3.05) is 6.54 Å². The number of unbranched alkanes of at least 4 members (excludes halogenated alkanes) is 1. The summed E-state index contributed by atoms with van der Waals surface area (Å²) in [6, 6.07) is -4.66. The lowest BCUT2D eigenvalue weighted by atomic mass is 10.0. The summed E-state index contributed by atoms with van der Waals surface area (Å²) >= 11 is 0.